The molecular weight excluding hydrogens is 334 g/mol. The number of benzene rings is 1. The van der Waals surface area contributed by atoms with Crippen LogP contribution >= 0.6 is 0 Å². The fourth-order valence-corrected chi connectivity index (χ4v) is 3.36. The molecular formula is C19H29N3O4. The van der Waals surface area contributed by atoms with E-state index in [0.29, 0.717) is 19.0 Å². The van der Waals surface area contributed by atoms with Crippen molar-refractivity contribution in [3.8, 4) is 0 Å². The second-order valence-electron chi connectivity index (χ2n) is 6.90. The van der Waals surface area contributed by atoms with Gasteiger partial charge in [-0.1, -0.05) is 37.6 Å². The van der Waals surface area contributed by atoms with Crippen LogP contribution in [0.4, 0.5) is 4.79 Å². The van der Waals surface area contributed by atoms with Crippen LogP contribution in [-0.4, -0.2) is 52.4 Å². The van der Waals surface area contributed by atoms with Crippen molar-refractivity contribution in [1.82, 2.24) is 15.7 Å². The molecule has 0 unspecified atom stereocenters. The fraction of sp³-hybridized carbons (Fsp3) is 0.579. The molecule has 4 N–H and O–H groups in total. The maximum atomic E-state index is 12.3. The quantitative estimate of drug-likeness (QED) is 0.457. The van der Waals surface area contributed by atoms with Crippen LogP contribution in [0.15, 0.2) is 24.3 Å². The summed E-state index contributed by atoms with van der Waals surface area (Å²) in [7, 11) is 0. The Morgan fingerprint density at radius 3 is 2.35 bits per heavy atom. The van der Waals surface area contributed by atoms with Crippen LogP contribution < -0.4 is 10.8 Å². The number of nitrogens with zero attached hydrogens (tertiary/aromatic N) is 1. The van der Waals surface area contributed by atoms with Gasteiger partial charge in [-0.3, -0.25) is 10.0 Å². The minimum absolute atomic E-state index is 0.406. The number of aryl methyl sites for hydroxylation is 1. The lowest BCUT2D eigenvalue weighted by Crippen LogP contribution is -2.56. The van der Waals surface area contributed by atoms with Crippen LogP contribution in [0.2, 0.25) is 0 Å². The number of amides is 3. The number of nitrogens with one attached hydrogen (secondary N) is 2. The number of rotatable bonds is 6. The Bertz CT molecular complexity index is 595. The van der Waals surface area contributed by atoms with Crippen LogP contribution in [0, 0.1) is 0 Å². The van der Waals surface area contributed by atoms with Crippen LogP contribution in [0.25, 0.3) is 0 Å². The number of likely N-dealkylation sites (tertiary alicyclic amines) is 1. The summed E-state index contributed by atoms with van der Waals surface area (Å²) < 4.78 is 0. The number of hydrogen-bond donors (Lipinski definition) is 4. The molecule has 1 aromatic carbocycles. The third kappa shape index (κ3) is 5.19. The van der Waals surface area contributed by atoms with E-state index in [1.807, 2.05) is 0 Å². The molecule has 1 aliphatic heterocycles. The number of hydrogen-bond acceptors (Lipinski definition) is 4. The number of urea groups is 1. The predicted octanol–water partition coefficient (Wildman–Crippen LogP) is 1.78. The Hall–Kier alpha value is -2.12. The van der Waals surface area contributed by atoms with Crippen molar-refractivity contribution in [3.63, 3.8) is 0 Å². The number of aliphatic hydroxyl groups excluding tert-OH is 1. The van der Waals surface area contributed by atoms with E-state index in [9.17, 15) is 14.7 Å². The third-order valence-electron chi connectivity index (χ3n) is 4.93. The highest BCUT2D eigenvalue weighted by atomic mass is 16.5. The SMILES string of the molecule is CCCc1ccc(C2CCN(C(=O)N[C@H](C(=O)NO)[C@@H](C)O)CC2)cc1. The molecule has 0 aromatic heterocycles. The molecule has 1 heterocycles. The molecule has 3 amide bonds. The second-order valence-corrected chi connectivity index (χ2v) is 6.90. The summed E-state index contributed by atoms with van der Waals surface area (Å²) in [6.07, 6.45) is 2.82. The molecule has 1 saturated heterocycles. The van der Waals surface area contributed by atoms with E-state index < -0.39 is 24.1 Å². The smallest absolute Gasteiger partial charge is 0.318 e. The van der Waals surface area contributed by atoms with Crippen molar-refractivity contribution in [3.05, 3.63) is 35.4 Å². The maximum absolute atomic E-state index is 12.3. The molecule has 7 heteroatoms. The van der Waals surface area contributed by atoms with E-state index in [4.69, 9.17) is 5.21 Å². The molecule has 7 nitrogen and oxygen atoms in total. The number of carbonyl (C=O) groups excluding carboxylic acids is 2. The maximum Gasteiger partial charge on any atom is 0.318 e. The summed E-state index contributed by atoms with van der Waals surface area (Å²) in [5.41, 5.74) is 4.11. The van der Waals surface area contributed by atoms with Gasteiger partial charge in [-0.05, 0) is 43.2 Å². The van der Waals surface area contributed by atoms with Gasteiger partial charge in [-0.2, -0.15) is 0 Å². The van der Waals surface area contributed by atoms with Gasteiger partial charge in [-0.15, -0.1) is 0 Å². The van der Waals surface area contributed by atoms with E-state index in [2.05, 4.69) is 36.5 Å². The first-order valence-electron chi connectivity index (χ1n) is 9.22. The lowest BCUT2D eigenvalue weighted by molar-refractivity contribution is -0.133. The van der Waals surface area contributed by atoms with Crippen molar-refractivity contribution in [2.75, 3.05) is 13.1 Å². The van der Waals surface area contributed by atoms with Gasteiger partial charge in [0.25, 0.3) is 5.91 Å². The van der Waals surface area contributed by atoms with Crippen LogP contribution in [0.3, 0.4) is 0 Å². The summed E-state index contributed by atoms with van der Waals surface area (Å²) in [6, 6.07) is 7.13. The Balaban J connectivity index is 1.88. The highest BCUT2D eigenvalue weighted by Crippen LogP contribution is 2.28. The van der Waals surface area contributed by atoms with Crippen molar-refractivity contribution in [1.29, 1.82) is 0 Å². The summed E-state index contributed by atoms with van der Waals surface area (Å²) in [5.74, 6) is -0.418. The Kier molecular flexibility index (Phi) is 7.41. The Morgan fingerprint density at radius 1 is 1.23 bits per heavy atom. The fourth-order valence-electron chi connectivity index (χ4n) is 3.36. The summed E-state index contributed by atoms with van der Waals surface area (Å²) >= 11 is 0. The third-order valence-corrected chi connectivity index (χ3v) is 4.93. The van der Waals surface area contributed by atoms with E-state index in [-0.39, 0.29) is 0 Å². The van der Waals surface area contributed by atoms with E-state index >= 15 is 0 Å². The van der Waals surface area contributed by atoms with Crippen LogP contribution in [0.5, 0.6) is 0 Å². The zero-order valence-corrected chi connectivity index (χ0v) is 15.4. The lowest BCUT2D eigenvalue weighted by atomic mass is 9.89. The average molecular weight is 363 g/mol. The van der Waals surface area contributed by atoms with Gasteiger partial charge in [0.1, 0.15) is 6.04 Å². The van der Waals surface area contributed by atoms with Crippen LogP contribution in [0.1, 0.15) is 50.2 Å². The number of hydroxylamine groups is 1. The Labute approximate surface area is 154 Å². The molecule has 0 saturated carbocycles. The molecule has 1 aliphatic rings. The molecule has 1 aromatic rings. The van der Waals surface area contributed by atoms with Gasteiger partial charge < -0.3 is 15.3 Å². The van der Waals surface area contributed by atoms with E-state index in [0.717, 1.165) is 25.7 Å². The van der Waals surface area contributed by atoms with Gasteiger partial charge in [0, 0.05) is 13.1 Å². The number of piperidine rings is 1. The van der Waals surface area contributed by atoms with Crippen molar-refractivity contribution < 1.29 is 19.9 Å². The van der Waals surface area contributed by atoms with Crippen molar-refractivity contribution in [2.45, 2.75) is 57.6 Å². The first-order chi connectivity index (χ1) is 12.5. The van der Waals surface area contributed by atoms with Crippen LogP contribution in [-0.2, 0) is 11.2 Å². The molecule has 2 rings (SSSR count). The highest BCUT2D eigenvalue weighted by molar-refractivity contribution is 5.86. The molecule has 1 fully saturated rings. The first kappa shape index (κ1) is 20.2. The summed E-state index contributed by atoms with van der Waals surface area (Å²) in [5, 5.41) is 20.8. The summed E-state index contributed by atoms with van der Waals surface area (Å²) in [6.45, 7) is 4.72. The normalized spacial score (nSPS) is 17.5. The minimum Gasteiger partial charge on any atom is -0.391 e. The van der Waals surface area contributed by atoms with Gasteiger partial charge in [0.2, 0.25) is 0 Å². The second kappa shape index (κ2) is 9.54. The van der Waals surface area contributed by atoms with E-state index in [1.165, 1.54) is 23.5 Å². The summed E-state index contributed by atoms with van der Waals surface area (Å²) in [4.78, 5) is 25.5. The van der Waals surface area contributed by atoms with Crippen molar-refractivity contribution >= 4 is 11.9 Å². The molecule has 0 radical (unpaired) electrons. The average Bonchev–Trinajstić information content (AvgIpc) is 2.66. The first-order valence-corrected chi connectivity index (χ1v) is 9.22. The molecule has 2 atom stereocenters. The molecule has 0 aliphatic carbocycles. The molecule has 0 spiro atoms. The molecule has 144 valence electrons. The standard InChI is InChI=1S/C19H29N3O4/c1-3-4-14-5-7-15(8-6-14)16-9-11-22(12-10-16)19(25)20-17(13(2)23)18(24)21-26/h5-8,13,16-17,23,26H,3-4,9-12H2,1-2H3,(H,20,25)(H,21,24)/t13-,17+/m1/s1. The van der Waals surface area contributed by atoms with Gasteiger partial charge in [0.05, 0.1) is 6.10 Å². The van der Waals surface area contributed by atoms with E-state index in [1.54, 1.807) is 4.90 Å². The minimum atomic E-state index is -1.18. The van der Waals surface area contributed by atoms with Gasteiger partial charge in [0.15, 0.2) is 0 Å². The van der Waals surface area contributed by atoms with Gasteiger partial charge in [-0.25, -0.2) is 10.3 Å². The monoisotopic (exact) mass is 363 g/mol. The van der Waals surface area contributed by atoms with Crippen molar-refractivity contribution in [2.24, 2.45) is 0 Å². The highest BCUT2D eigenvalue weighted by Gasteiger charge is 2.29. The van der Waals surface area contributed by atoms with Gasteiger partial charge >= 0.3 is 6.03 Å². The predicted molar refractivity (Wildman–Crippen MR) is 97.9 cm³/mol. The molecule has 0 bridgehead atoms. The zero-order chi connectivity index (χ0) is 19.1. The molecule has 26 heavy (non-hydrogen) atoms. The topological polar surface area (TPSA) is 102 Å². The zero-order valence-electron chi connectivity index (χ0n) is 15.4. The Morgan fingerprint density at radius 2 is 1.85 bits per heavy atom. The number of carbonyl (C=O) groups is 2. The number of aliphatic hydroxyl groups is 1. The largest absolute Gasteiger partial charge is 0.391 e. The lowest BCUT2D eigenvalue weighted by Gasteiger charge is -2.33.